The molecule has 2 rings (SSSR count). The number of likely N-dealkylation sites (N-methyl/N-ethyl adjacent to an activating group) is 1. The van der Waals surface area contributed by atoms with Gasteiger partial charge in [-0.1, -0.05) is 25.0 Å². The Labute approximate surface area is 123 Å². The minimum Gasteiger partial charge on any atom is -0.391 e. The average Bonchev–Trinajstić information content (AvgIpc) is 2.47. The van der Waals surface area contributed by atoms with Crippen LogP contribution >= 0.6 is 0 Å². The Kier molecular flexibility index (Phi) is 4.83. The lowest BCUT2D eigenvalue weighted by Gasteiger charge is -2.37. The van der Waals surface area contributed by atoms with Crippen LogP contribution in [-0.4, -0.2) is 38.5 Å². The molecule has 118 valence electrons. The number of hydrogen-bond donors (Lipinski definition) is 1. The summed E-state index contributed by atoms with van der Waals surface area (Å²) in [5.41, 5.74) is 0.212. The second-order valence-electron chi connectivity index (χ2n) is 5.30. The number of halogens is 2. The first-order valence-electron chi connectivity index (χ1n) is 6.87. The summed E-state index contributed by atoms with van der Waals surface area (Å²) in [6.45, 7) is 0. The van der Waals surface area contributed by atoms with Gasteiger partial charge >= 0.3 is 5.76 Å². The van der Waals surface area contributed by atoms with E-state index in [1.807, 2.05) is 0 Å². The number of aliphatic hydroxyl groups excluding tert-OH is 1. The first-order chi connectivity index (χ1) is 9.85. The molecule has 0 saturated heterocycles. The third kappa shape index (κ3) is 3.18. The third-order valence-electron chi connectivity index (χ3n) is 3.98. The fraction of sp³-hybridized carbons (Fsp3) is 0.571. The summed E-state index contributed by atoms with van der Waals surface area (Å²) in [7, 11) is -3.03. The molecular weight excluding hydrogens is 300 g/mol. The Hall–Kier alpha value is -1.21. The minimum atomic E-state index is -4.67. The summed E-state index contributed by atoms with van der Waals surface area (Å²) in [5, 5.41) is 10.1. The molecule has 0 aromatic heterocycles. The van der Waals surface area contributed by atoms with Gasteiger partial charge < -0.3 is 10.0 Å². The molecule has 0 amide bonds. The summed E-state index contributed by atoms with van der Waals surface area (Å²) in [6, 6.07) is 5.45. The lowest BCUT2D eigenvalue weighted by Crippen LogP contribution is -2.44. The van der Waals surface area contributed by atoms with Crippen molar-refractivity contribution in [2.45, 2.75) is 48.5 Å². The van der Waals surface area contributed by atoms with E-state index in [4.69, 9.17) is 0 Å². The largest absolute Gasteiger partial charge is 0.391 e. The van der Waals surface area contributed by atoms with E-state index in [1.54, 1.807) is 18.0 Å². The quantitative estimate of drug-likeness (QED) is 0.926. The van der Waals surface area contributed by atoms with Crippen molar-refractivity contribution >= 4 is 15.5 Å². The SMILES string of the molecule is CN(c1ccccc1S(=O)(=O)C(F)F)C1CCCCC1O. The van der Waals surface area contributed by atoms with Crippen LogP contribution in [0.3, 0.4) is 0 Å². The van der Waals surface area contributed by atoms with Crippen molar-refractivity contribution in [2.24, 2.45) is 0 Å². The van der Waals surface area contributed by atoms with Gasteiger partial charge in [-0.25, -0.2) is 8.42 Å². The first-order valence-corrected chi connectivity index (χ1v) is 8.42. The molecule has 0 aliphatic heterocycles. The van der Waals surface area contributed by atoms with Gasteiger partial charge in [-0.15, -0.1) is 0 Å². The number of nitrogens with zero attached hydrogens (tertiary/aromatic N) is 1. The van der Waals surface area contributed by atoms with Crippen LogP contribution in [0, 0.1) is 0 Å². The van der Waals surface area contributed by atoms with Crippen molar-refractivity contribution < 1.29 is 22.3 Å². The highest BCUT2D eigenvalue weighted by Gasteiger charge is 2.33. The van der Waals surface area contributed by atoms with Gasteiger partial charge in [0, 0.05) is 7.05 Å². The van der Waals surface area contributed by atoms with Gasteiger partial charge in [-0.2, -0.15) is 8.78 Å². The number of para-hydroxylation sites is 1. The molecule has 2 unspecified atom stereocenters. The average molecular weight is 319 g/mol. The fourth-order valence-electron chi connectivity index (χ4n) is 2.81. The van der Waals surface area contributed by atoms with Gasteiger partial charge in [0.15, 0.2) is 0 Å². The summed E-state index contributed by atoms with van der Waals surface area (Å²) in [5.74, 6) is -3.46. The van der Waals surface area contributed by atoms with Crippen LogP contribution in [0.15, 0.2) is 29.2 Å². The van der Waals surface area contributed by atoms with E-state index in [0.29, 0.717) is 12.8 Å². The van der Waals surface area contributed by atoms with E-state index in [0.717, 1.165) is 12.8 Å². The second-order valence-corrected chi connectivity index (χ2v) is 7.19. The van der Waals surface area contributed by atoms with E-state index in [2.05, 4.69) is 0 Å². The first kappa shape index (κ1) is 16.2. The molecule has 0 radical (unpaired) electrons. The number of aliphatic hydroxyl groups is 1. The molecule has 1 aliphatic carbocycles. The summed E-state index contributed by atoms with van der Waals surface area (Å²) in [6.07, 6.45) is 2.61. The summed E-state index contributed by atoms with van der Waals surface area (Å²) in [4.78, 5) is 1.22. The topological polar surface area (TPSA) is 57.6 Å². The van der Waals surface area contributed by atoms with Gasteiger partial charge in [0.2, 0.25) is 9.84 Å². The molecule has 0 bridgehead atoms. The van der Waals surface area contributed by atoms with Gasteiger partial charge in [0.25, 0.3) is 0 Å². The predicted octanol–water partition coefficient (Wildman–Crippen LogP) is 2.42. The highest BCUT2D eigenvalue weighted by Crippen LogP contribution is 2.32. The van der Waals surface area contributed by atoms with Gasteiger partial charge in [-0.05, 0) is 25.0 Å². The van der Waals surface area contributed by atoms with Gasteiger partial charge in [0.05, 0.1) is 22.7 Å². The zero-order chi connectivity index (χ0) is 15.6. The zero-order valence-electron chi connectivity index (χ0n) is 11.7. The van der Waals surface area contributed by atoms with Crippen molar-refractivity contribution in [2.75, 3.05) is 11.9 Å². The van der Waals surface area contributed by atoms with Crippen molar-refractivity contribution in [1.82, 2.24) is 0 Å². The van der Waals surface area contributed by atoms with Crippen LogP contribution in [0.1, 0.15) is 25.7 Å². The van der Waals surface area contributed by atoms with Crippen LogP contribution in [0.25, 0.3) is 0 Å². The number of benzene rings is 1. The molecule has 1 aromatic rings. The second kappa shape index (κ2) is 6.27. The van der Waals surface area contributed by atoms with Gasteiger partial charge in [0.1, 0.15) is 0 Å². The molecule has 1 N–H and O–H groups in total. The third-order valence-corrected chi connectivity index (χ3v) is 5.41. The number of rotatable bonds is 4. The normalized spacial score (nSPS) is 23.3. The van der Waals surface area contributed by atoms with E-state index in [-0.39, 0.29) is 16.6 Å². The number of sulfone groups is 1. The van der Waals surface area contributed by atoms with Crippen molar-refractivity contribution in [1.29, 1.82) is 0 Å². The lowest BCUT2D eigenvalue weighted by molar-refractivity contribution is 0.106. The molecule has 1 aliphatic rings. The van der Waals surface area contributed by atoms with E-state index in [9.17, 15) is 22.3 Å². The van der Waals surface area contributed by atoms with E-state index in [1.165, 1.54) is 18.2 Å². The van der Waals surface area contributed by atoms with Crippen LogP contribution < -0.4 is 4.90 Å². The molecule has 21 heavy (non-hydrogen) atoms. The van der Waals surface area contributed by atoms with Gasteiger partial charge in [-0.3, -0.25) is 0 Å². The molecule has 1 saturated carbocycles. The Balaban J connectivity index is 2.40. The molecule has 0 spiro atoms. The Morgan fingerprint density at radius 2 is 1.86 bits per heavy atom. The molecule has 4 nitrogen and oxygen atoms in total. The van der Waals surface area contributed by atoms with Crippen LogP contribution in [0.2, 0.25) is 0 Å². The fourth-order valence-corrected chi connectivity index (χ4v) is 3.77. The molecule has 1 aromatic carbocycles. The Bertz CT molecular complexity index is 592. The monoisotopic (exact) mass is 319 g/mol. The maximum absolute atomic E-state index is 12.8. The van der Waals surface area contributed by atoms with Crippen molar-refractivity contribution in [3.63, 3.8) is 0 Å². The Morgan fingerprint density at radius 3 is 2.48 bits per heavy atom. The van der Waals surface area contributed by atoms with Crippen LogP contribution in [-0.2, 0) is 9.84 Å². The summed E-state index contributed by atoms with van der Waals surface area (Å²) < 4.78 is 49.2. The van der Waals surface area contributed by atoms with Crippen LogP contribution in [0.5, 0.6) is 0 Å². The highest BCUT2D eigenvalue weighted by molar-refractivity contribution is 7.91. The number of alkyl halides is 2. The predicted molar refractivity (Wildman–Crippen MR) is 76.3 cm³/mol. The van der Waals surface area contributed by atoms with Crippen molar-refractivity contribution in [3.8, 4) is 0 Å². The Morgan fingerprint density at radius 1 is 1.24 bits per heavy atom. The van der Waals surface area contributed by atoms with Crippen LogP contribution in [0.4, 0.5) is 14.5 Å². The maximum atomic E-state index is 12.8. The smallest absolute Gasteiger partial charge is 0.341 e. The zero-order valence-corrected chi connectivity index (χ0v) is 12.6. The molecule has 2 atom stereocenters. The summed E-state index contributed by atoms with van der Waals surface area (Å²) >= 11 is 0. The maximum Gasteiger partial charge on any atom is 0.341 e. The molecule has 0 heterocycles. The lowest BCUT2D eigenvalue weighted by atomic mass is 9.91. The minimum absolute atomic E-state index is 0.212. The standard InChI is InChI=1S/C14H19F2NO3S/c1-17(10-6-2-4-8-12(10)18)11-7-3-5-9-13(11)21(19,20)14(15)16/h3,5,7,9-10,12,14,18H,2,4,6,8H2,1H3. The number of anilines is 1. The molecule has 1 fully saturated rings. The van der Waals surface area contributed by atoms with Crippen molar-refractivity contribution in [3.05, 3.63) is 24.3 Å². The van der Waals surface area contributed by atoms with E-state index >= 15 is 0 Å². The molecular formula is C14H19F2NO3S. The number of hydrogen-bond acceptors (Lipinski definition) is 4. The highest BCUT2D eigenvalue weighted by atomic mass is 32.2. The molecule has 7 heteroatoms. The van der Waals surface area contributed by atoms with E-state index < -0.39 is 21.7 Å².